The second-order valence-corrected chi connectivity index (χ2v) is 9.65. The van der Waals surface area contributed by atoms with Crippen molar-refractivity contribution in [1.82, 2.24) is 14.8 Å². The van der Waals surface area contributed by atoms with Gasteiger partial charge in [-0.05, 0) is 49.4 Å². The molecule has 1 aliphatic rings. The number of hydrogen-bond donors (Lipinski definition) is 2. The average molecular weight is 471 g/mol. The summed E-state index contributed by atoms with van der Waals surface area (Å²) in [5, 5.41) is 16.4. The normalized spacial score (nSPS) is 14.2. The van der Waals surface area contributed by atoms with Crippen LogP contribution in [0, 0.1) is 30.6 Å². The quantitative estimate of drug-likeness (QED) is 0.585. The van der Waals surface area contributed by atoms with Gasteiger partial charge in [0.15, 0.2) is 5.78 Å². The smallest absolute Gasteiger partial charge is 0.274 e. The zero-order valence-corrected chi connectivity index (χ0v) is 20.1. The molecule has 1 aromatic carbocycles. The zero-order chi connectivity index (χ0) is 25.5. The fourth-order valence-corrected chi connectivity index (χ4v) is 4.45. The van der Waals surface area contributed by atoms with Crippen LogP contribution in [0.5, 0.6) is 0 Å². The van der Waals surface area contributed by atoms with Crippen LogP contribution in [0.15, 0.2) is 30.3 Å². The summed E-state index contributed by atoms with van der Waals surface area (Å²) in [5.74, 6) is -1.48. The standard InChI is InChI=1S/C26H26N6O3/c1-14-23(15(2)32(31-14)13-17-7-5-16(12-27)6-8-17)30-25(35)19-9-18(24(28)34)22-20(29-19)10-26(3,4)11-21(22)33/h5-9H,10-11,13H2,1-4H3,(H2,28,34)(H,30,35). The highest BCUT2D eigenvalue weighted by Crippen LogP contribution is 2.35. The average Bonchev–Trinajstić information content (AvgIpc) is 3.05. The van der Waals surface area contributed by atoms with Gasteiger partial charge in [0.1, 0.15) is 5.69 Å². The Balaban J connectivity index is 1.64. The number of anilines is 1. The predicted molar refractivity (Wildman–Crippen MR) is 129 cm³/mol. The number of primary amides is 1. The van der Waals surface area contributed by atoms with Gasteiger partial charge in [0.05, 0.1) is 52.1 Å². The second-order valence-electron chi connectivity index (χ2n) is 9.65. The number of nitrogens with one attached hydrogen (secondary N) is 1. The molecule has 178 valence electrons. The van der Waals surface area contributed by atoms with Crippen molar-refractivity contribution in [3.05, 3.63) is 75.4 Å². The van der Waals surface area contributed by atoms with E-state index in [1.165, 1.54) is 6.07 Å². The molecule has 0 radical (unpaired) electrons. The molecular formula is C26H26N6O3. The Bertz CT molecular complexity index is 1410. The number of nitrogens with zero attached hydrogens (tertiary/aromatic N) is 4. The Hall–Kier alpha value is -4.32. The number of aromatic nitrogens is 3. The molecule has 9 nitrogen and oxygen atoms in total. The molecule has 0 saturated heterocycles. The summed E-state index contributed by atoms with van der Waals surface area (Å²) in [4.78, 5) is 42.5. The van der Waals surface area contributed by atoms with Gasteiger partial charge in [-0.2, -0.15) is 10.4 Å². The summed E-state index contributed by atoms with van der Waals surface area (Å²) in [7, 11) is 0. The lowest BCUT2D eigenvalue weighted by atomic mass is 9.74. The minimum Gasteiger partial charge on any atom is -0.366 e. The highest BCUT2D eigenvalue weighted by Gasteiger charge is 2.35. The van der Waals surface area contributed by atoms with Crippen molar-refractivity contribution in [2.75, 3.05) is 5.32 Å². The Morgan fingerprint density at radius 3 is 2.51 bits per heavy atom. The summed E-state index contributed by atoms with van der Waals surface area (Å²) in [6.45, 7) is 7.99. The van der Waals surface area contributed by atoms with Crippen LogP contribution in [0.2, 0.25) is 0 Å². The molecule has 1 aliphatic carbocycles. The lowest BCUT2D eigenvalue weighted by molar-refractivity contribution is 0.0894. The minimum atomic E-state index is -0.770. The number of amides is 2. The number of nitrogens with two attached hydrogens (primary N) is 1. The lowest BCUT2D eigenvalue weighted by Crippen LogP contribution is -2.32. The first-order valence-electron chi connectivity index (χ1n) is 11.2. The van der Waals surface area contributed by atoms with Crippen LogP contribution in [0.4, 0.5) is 5.69 Å². The maximum absolute atomic E-state index is 13.2. The summed E-state index contributed by atoms with van der Waals surface area (Å²) >= 11 is 0. The monoisotopic (exact) mass is 470 g/mol. The Morgan fingerprint density at radius 1 is 1.20 bits per heavy atom. The van der Waals surface area contributed by atoms with Gasteiger partial charge in [0, 0.05) is 6.42 Å². The van der Waals surface area contributed by atoms with E-state index in [1.807, 2.05) is 32.9 Å². The van der Waals surface area contributed by atoms with E-state index in [1.54, 1.807) is 23.7 Å². The fraction of sp³-hybridized carbons (Fsp3) is 0.308. The van der Waals surface area contributed by atoms with Gasteiger partial charge in [-0.15, -0.1) is 0 Å². The molecule has 0 bridgehead atoms. The van der Waals surface area contributed by atoms with Crippen molar-refractivity contribution in [1.29, 1.82) is 5.26 Å². The number of nitriles is 1. The summed E-state index contributed by atoms with van der Waals surface area (Å²) in [6, 6.07) is 10.6. The van der Waals surface area contributed by atoms with Gasteiger partial charge >= 0.3 is 0 Å². The van der Waals surface area contributed by atoms with Crippen molar-refractivity contribution in [2.45, 2.75) is 47.1 Å². The maximum Gasteiger partial charge on any atom is 0.274 e. The third-order valence-electron chi connectivity index (χ3n) is 6.19. The molecule has 3 N–H and O–H groups in total. The molecular weight excluding hydrogens is 444 g/mol. The molecule has 2 aromatic heterocycles. The molecule has 0 fully saturated rings. The van der Waals surface area contributed by atoms with Gasteiger partial charge in [-0.3, -0.25) is 19.1 Å². The first-order chi connectivity index (χ1) is 16.5. The van der Waals surface area contributed by atoms with E-state index < -0.39 is 11.8 Å². The van der Waals surface area contributed by atoms with Crippen molar-refractivity contribution in [3.63, 3.8) is 0 Å². The molecule has 3 aromatic rings. The third kappa shape index (κ3) is 4.68. The molecule has 35 heavy (non-hydrogen) atoms. The number of benzene rings is 1. The number of pyridine rings is 1. The number of hydrogen-bond acceptors (Lipinski definition) is 6. The van der Waals surface area contributed by atoms with Crippen molar-refractivity contribution in [3.8, 4) is 6.07 Å². The van der Waals surface area contributed by atoms with Crippen LogP contribution in [-0.2, 0) is 13.0 Å². The number of ketones is 1. The van der Waals surface area contributed by atoms with E-state index in [0.29, 0.717) is 35.6 Å². The second kappa shape index (κ2) is 8.80. The molecule has 0 atom stereocenters. The number of fused-ring (bicyclic) bond motifs is 1. The molecule has 2 heterocycles. The Labute approximate surface area is 203 Å². The third-order valence-corrected chi connectivity index (χ3v) is 6.19. The summed E-state index contributed by atoms with van der Waals surface area (Å²) < 4.78 is 1.77. The van der Waals surface area contributed by atoms with Crippen molar-refractivity contribution >= 4 is 23.3 Å². The Morgan fingerprint density at radius 2 is 1.89 bits per heavy atom. The van der Waals surface area contributed by atoms with E-state index in [-0.39, 0.29) is 34.4 Å². The van der Waals surface area contributed by atoms with Crippen LogP contribution in [0.25, 0.3) is 0 Å². The fourth-order valence-electron chi connectivity index (χ4n) is 4.45. The first kappa shape index (κ1) is 23.8. The van der Waals surface area contributed by atoms with Gasteiger partial charge in [0.2, 0.25) is 5.91 Å². The van der Waals surface area contributed by atoms with Crippen LogP contribution >= 0.6 is 0 Å². The van der Waals surface area contributed by atoms with Gasteiger partial charge in [-0.25, -0.2) is 4.98 Å². The van der Waals surface area contributed by atoms with Gasteiger partial charge < -0.3 is 11.1 Å². The molecule has 0 saturated carbocycles. The summed E-state index contributed by atoms with van der Waals surface area (Å²) in [6.07, 6.45) is 0.736. The van der Waals surface area contributed by atoms with E-state index in [4.69, 9.17) is 11.0 Å². The molecule has 2 amide bonds. The SMILES string of the molecule is Cc1nn(Cc2ccc(C#N)cc2)c(C)c1NC(=O)c1cc(C(N)=O)c2c(n1)CC(C)(C)CC2=O. The Kier molecular flexibility index (Phi) is 5.99. The van der Waals surface area contributed by atoms with Crippen LogP contribution in [0.3, 0.4) is 0 Å². The molecule has 0 unspecified atom stereocenters. The van der Waals surface area contributed by atoms with E-state index >= 15 is 0 Å². The number of Topliss-reactive ketones (excluding diaryl/α,β-unsaturated/α-hetero) is 1. The van der Waals surface area contributed by atoms with E-state index in [2.05, 4.69) is 21.5 Å². The van der Waals surface area contributed by atoms with Crippen molar-refractivity contribution < 1.29 is 14.4 Å². The largest absolute Gasteiger partial charge is 0.366 e. The van der Waals surface area contributed by atoms with E-state index in [0.717, 1.165) is 11.3 Å². The number of carbonyl (C=O) groups is 3. The lowest BCUT2D eigenvalue weighted by Gasteiger charge is -2.30. The van der Waals surface area contributed by atoms with Crippen molar-refractivity contribution in [2.24, 2.45) is 11.1 Å². The predicted octanol–water partition coefficient (Wildman–Crippen LogP) is 3.32. The van der Waals surface area contributed by atoms with Crippen LogP contribution in [0.1, 0.15) is 79.7 Å². The molecule has 0 aliphatic heterocycles. The molecule has 9 heteroatoms. The minimum absolute atomic E-state index is 0.0155. The summed E-state index contributed by atoms with van der Waals surface area (Å²) in [5.41, 5.74) is 9.32. The number of aryl methyl sites for hydroxylation is 1. The molecule has 0 spiro atoms. The first-order valence-corrected chi connectivity index (χ1v) is 11.2. The maximum atomic E-state index is 13.2. The molecule has 4 rings (SSSR count). The van der Waals surface area contributed by atoms with Gasteiger partial charge in [0.25, 0.3) is 5.91 Å². The highest BCUT2D eigenvalue weighted by atomic mass is 16.2. The topological polar surface area (TPSA) is 144 Å². The van der Waals surface area contributed by atoms with Gasteiger partial charge in [-0.1, -0.05) is 26.0 Å². The van der Waals surface area contributed by atoms with E-state index in [9.17, 15) is 14.4 Å². The highest BCUT2D eigenvalue weighted by molar-refractivity contribution is 6.11. The number of rotatable bonds is 5. The van der Waals surface area contributed by atoms with Crippen LogP contribution < -0.4 is 11.1 Å². The number of carbonyl (C=O) groups excluding carboxylic acids is 3. The van der Waals surface area contributed by atoms with Crippen LogP contribution in [-0.4, -0.2) is 32.4 Å². The zero-order valence-electron chi connectivity index (χ0n) is 20.1.